The van der Waals surface area contributed by atoms with Gasteiger partial charge in [-0.05, 0) is 62.9 Å². The lowest BCUT2D eigenvalue weighted by Gasteiger charge is -2.22. The first-order chi connectivity index (χ1) is 10.1. The fraction of sp³-hybridized carbons (Fsp3) is 0.500. The van der Waals surface area contributed by atoms with Gasteiger partial charge >= 0.3 is 0 Å². The Bertz CT molecular complexity index is 528. The van der Waals surface area contributed by atoms with Crippen molar-refractivity contribution in [1.82, 2.24) is 5.32 Å². The topological polar surface area (TPSA) is 84.2 Å². The number of halogens is 1. The minimum Gasteiger partial charge on any atom is -0.366 e. The molecule has 0 saturated carbocycles. The highest BCUT2D eigenvalue weighted by molar-refractivity contribution is 5.96. The molecule has 0 aromatic heterocycles. The first kappa shape index (κ1) is 18.5. The molecular formula is C16H24ClN3O2. The van der Waals surface area contributed by atoms with Crippen LogP contribution in [0.1, 0.15) is 41.6 Å². The van der Waals surface area contributed by atoms with Crippen molar-refractivity contribution in [1.29, 1.82) is 0 Å². The van der Waals surface area contributed by atoms with Gasteiger partial charge in [-0.25, -0.2) is 0 Å². The fourth-order valence-corrected chi connectivity index (χ4v) is 2.63. The molecule has 0 radical (unpaired) electrons. The van der Waals surface area contributed by atoms with Crippen LogP contribution < -0.4 is 16.4 Å². The van der Waals surface area contributed by atoms with Crippen molar-refractivity contribution in [2.45, 2.75) is 32.6 Å². The lowest BCUT2D eigenvalue weighted by molar-refractivity contribution is -0.116. The summed E-state index contributed by atoms with van der Waals surface area (Å²) in [4.78, 5) is 23.2. The van der Waals surface area contributed by atoms with Crippen LogP contribution in [-0.4, -0.2) is 24.9 Å². The largest absolute Gasteiger partial charge is 0.366 e. The average Bonchev–Trinajstić information content (AvgIpc) is 2.48. The Morgan fingerprint density at radius 1 is 1.32 bits per heavy atom. The molecule has 1 saturated heterocycles. The summed E-state index contributed by atoms with van der Waals surface area (Å²) < 4.78 is 0. The number of primary amides is 1. The maximum atomic E-state index is 12.0. The lowest BCUT2D eigenvalue weighted by Crippen LogP contribution is -2.28. The van der Waals surface area contributed by atoms with Crippen LogP contribution in [0.5, 0.6) is 0 Å². The molecule has 22 heavy (non-hydrogen) atoms. The van der Waals surface area contributed by atoms with Crippen LogP contribution in [0.15, 0.2) is 18.2 Å². The zero-order chi connectivity index (χ0) is 15.2. The van der Waals surface area contributed by atoms with Crippen LogP contribution in [0.3, 0.4) is 0 Å². The summed E-state index contributed by atoms with van der Waals surface area (Å²) in [5.41, 5.74) is 7.27. The SMILES string of the molecule is Cc1ccc(C(N)=O)cc1NC(=O)CCC1CCNCC1.Cl. The predicted octanol–water partition coefficient (Wildman–Crippen LogP) is 2.23. The van der Waals surface area contributed by atoms with E-state index in [0.29, 0.717) is 23.6 Å². The zero-order valence-corrected chi connectivity index (χ0v) is 13.7. The van der Waals surface area contributed by atoms with Gasteiger partial charge < -0.3 is 16.4 Å². The number of carbonyl (C=O) groups excluding carboxylic acids is 2. The maximum Gasteiger partial charge on any atom is 0.248 e. The van der Waals surface area contributed by atoms with E-state index in [1.165, 1.54) is 0 Å². The Morgan fingerprint density at radius 3 is 2.64 bits per heavy atom. The molecule has 2 amide bonds. The van der Waals surface area contributed by atoms with Crippen LogP contribution in [0, 0.1) is 12.8 Å². The number of hydrogen-bond acceptors (Lipinski definition) is 3. The third-order valence-corrected chi connectivity index (χ3v) is 4.03. The van der Waals surface area contributed by atoms with Gasteiger partial charge in [0, 0.05) is 17.7 Å². The first-order valence-corrected chi connectivity index (χ1v) is 7.47. The second-order valence-electron chi connectivity index (χ2n) is 5.67. The van der Waals surface area contributed by atoms with E-state index >= 15 is 0 Å². The highest BCUT2D eigenvalue weighted by atomic mass is 35.5. The molecule has 1 aromatic carbocycles. The molecule has 1 aromatic rings. The first-order valence-electron chi connectivity index (χ1n) is 7.47. The summed E-state index contributed by atoms with van der Waals surface area (Å²) in [5, 5.41) is 6.20. The number of benzene rings is 1. The Kier molecular flexibility index (Phi) is 7.35. The average molecular weight is 326 g/mol. The van der Waals surface area contributed by atoms with E-state index in [0.717, 1.165) is 37.9 Å². The molecular weight excluding hydrogens is 302 g/mol. The number of piperidine rings is 1. The van der Waals surface area contributed by atoms with E-state index < -0.39 is 5.91 Å². The quantitative estimate of drug-likeness (QED) is 0.776. The second kappa shape index (κ2) is 8.76. The van der Waals surface area contributed by atoms with E-state index in [1.807, 2.05) is 6.92 Å². The van der Waals surface area contributed by atoms with Gasteiger partial charge in [0.2, 0.25) is 11.8 Å². The summed E-state index contributed by atoms with van der Waals surface area (Å²) in [6, 6.07) is 5.10. The number of anilines is 1. The maximum absolute atomic E-state index is 12.0. The van der Waals surface area contributed by atoms with Crippen molar-refractivity contribution in [2.24, 2.45) is 11.7 Å². The van der Waals surface area contributed by atoms with Gasteiger partial charge in [-0.2, -0.15) is 0 Å². The molecule has 0 atom stereocenters. The van der Waals surface area contributed by atoms with E-state index in [1.54, 1.807) is 18.2 Å². The van der Waals surface area contributed by atoms with Crippen LogP contribution in [0.25, 0.3) is 0 Å². The number of nitrogens with one attached hydrogen (secondary N) is 2. The van der Waals surface area contributed by atoms with Crippen molar-refractivity contribution in [3.8, 4) is 0 Å². The monoisotopic (exact) mass is 325 g/mol. The van der Waals surface area contributed by atoms with Gasteiger partial charge in [0.05, 0.1) is 0 Å². The molecule has 6 heteroatoms. The number of rotatable bonds is 5. The predicted molar refractivity (Wildman–Crippen MR) is 90.4 cm³/mol. The molecule has 2 rings (SSSR count). The smallest absolute Gasteiger partial charge is 0.248 e. The highest BCUT2D eigenvalue weighted by Gasteiger charge is 2.15. The summed E-state index contributed by atoms with van der Waals surface area (Å²) in [5.74, 6) is 0.147. The Balaban J connectivity index is 0.00000242. The molecule has 0 unspecified atom stereocenters. The van der Waals surface area contributed by atoms with Gasteiger partial charge in [-0.15, -0.1) is 12.4 Å². The minimum absolute atomic E-state index is 0. The standard InChI is InChI=1S/C16H23N3O2.ClH/c1-11-2-4-13(16(17)21)10-14(11)19-15(20)5-3-12-6-8-18-9-7-12;/h2,4,10,12,18H,3,5-9H2,1H3,(H2,17,21)(H,19,20);1H. The second-order valence-corrected chi connectivity index (χ2v) is 5.67. The van der Waals surface area contributed by atoms with Crippen molar-refractivity contribution >= 4 is 29.9 Å². The van der Waals surface area contributed by atoms with E-state index in [9.17, 15) is 9.59 Å². The van der Waals surface area contributed by atoms with Crippen LogP contribution in [-0.2, 0) is 4.79 Å². The molecule has 5 nitrogen and oxygen atoms in total. The molecule has 0 aliphatic carbocycles. The number of hydrogen-bond donors (Lipinski definition) is 3. The Hall–Kier alpha value is -1.59. The molecule has 4 N–H and O–H groups in total. The molecule has 1 fully saturated rings. The van der Waals surface area contributed by atoms with Crippen LogP contribution >= 0.6 is 12.4 Å². The third kappa shape index (κ3) is 5.31. The minimum atomic E-state index is -0.486. The van der Waals surface area contributed by atoms with Gasteiger partial charge in [-0.3, -0.25) is 9.59 Å². The fourth-order valence-electron chi connectivity index (χ4n) is 2.63. The summed E-state index contributed by atoms with van der Waals surface area (Å²) >= 11 is 0. The number of nitrogens with two attached hydrogens (primary N) is 1. The number of amides is 2. The van der Waals surface area contributed by atoms with E-state index in [-0.39, 0.29) is 18.3 Å². The van der Waals surface area contributed by atoms with E-state index in [4.69, 9.17) is 5.73 Å². The Morgan fingerprint density at radius 2 is 2.00 bits per heavy atom. The number of aryl methyl sites for hydroxylation is 1. The zero-order valence-electron chi connectivity index (χ0n) is 12.9. The van der Waals surface area contributed by atoms with Gasteiger partial charge in [0.15, 0.2) is 0 Å². The van der Waals surface area contributed by atoms with Crippen molar-refractivity contribution in [2.75, 3.05) is 18.4 Å². The Labute approximate surface area is 137 Å². The van der Waals surface area contributed by atoms with Gasteiger partial charge in [0.25, 0.3) is 0 Å². The number of carbonyl (C=O) groups is 2. The summed E-state index contributed by atoms with van der Waals surface area (Å²) in [6.07, 6.45) is 3.72. The highest BCUT2D eigenvalue weighted by Crippen LogP contribution is 2.20. The van der Waals surface area contributed by atoms with Crippen molar-refractivity contribution in [3.05, 3.63) is 29.3 Å². The van der Waals surface area contributed by atoms with Gasteiger partial charge in [0.1, 0.15) is 0 Å². The van der Waals surface area contributed by atoms with Crippen LogP contribution in [0.4, 0.5) is 5.69 Å². The molecule has 0 bridgehead atoms. The van der Waals surface area contributed by atoms with Gasteiger partial charge in [-0.1, -0.05) is 6.07 Å². The van der Waals surface area contributed by atoms with E-state index in [2.05, 4.69) is 10.6 Å². The third-order valence-electron chi connectivity index (χ3n) is 4.03. The summed E-state index contributed by atoms with van der Waals surface area (Å²) in [7, 11) is 0. The molecule has 1 aliphatic rings. The summed E-state index contributed by atoms with van der Waals surface area (Å²) in [6.45, 7) is 3.99. The molecule has 1 aliphatic heterocycles. The lowest BCUT2D eigenvalue weighted by atomic mass is 9.93. The van der Waals surface area contributed by atoms with Crippen LogP contribution in [0.2, 0.25) is 0 Å². The van der Waals surface area contributed by atoms with Crippen molar-refractivity contribution < 1.29 is 9.59 Å². The molecule has 1 heterocycles. The normalized spacial score (nSPS) is 15.0. The molecule has 122 valence electrons. The van der Waals surface area contributed by atoms with Crippen molar-refractivity contribution in [3.63, 3.8) is 0 Å². The molecule has 0 spiro atoms.